The Hall–Kier alpha value is -0.570. The third-order valence-electron chi connectivity index (χ3n) is 5.70. The molecule has 0 aromatic carbocycles. The topological polar surface area (TPSA) is 40.5 Å². The maximum atomic E-state index is 11.8. The van der Waals surface area contributed by atoms with Gasteiger partial charge in [-0.1, -0.05) is 19.8 Å². The number of aliphatic carboxylic acids is 1. The number of hydrogen-bond donors (Lipinski definition) is 1. The highest BCUT2D eigenvalue weighted by atomic mass is 16.4. The van der Waals surface area contributed by atoms with Crippen LogP contribution in [0.1, 0.15) is 58.3 Å². The molecule has 0 spiro atoms. The fraction of sp³-hybridized carbons (Fsp3) is 0.933. The van der Waals surface area contributed by atoms with Crippen molar-refractivity contribution in [3.05, 3.63) is 0 Å². The summed E-state index contributed by atoms with van der Waals surface area (Å²) in [5, 5.41) is 9.75. The van der Waals surface area contributed by atoms with Crippen LogP contribution in [0.5, 0.6) is 0 Å². The Morgan fingerprint density at radius 3 is 2.78 bits per heavy atom. The van der Waals surface area contributed by atoms with Crippen molar-refractivity contribution in [2.24, 2.45) is 11.8 Å². The highest BCUT2D eigenvalue weighted by Gasteiger charge is 2.53. The molecule has 2 saturated carbocycles. The third-order valence-corrected chi connectivity index (χ3v) is 5.70. The van der Waals surface area contributed by atoms with Crippen molar-refractivity contribution in [3.8, 4) is 0 Å². The van der Waals surface area contributed by atoms with Crippen molar-refractivity contribution >= 4 is 5.97 Å². The predicted octanol–water partition coefficient (Wildman–Crippen LogP) is 2.89. The van der Waals surface area contributed by atoms with Crippen LogP contribution in [-0.2, 0) is 4.79 Å². The van der Waals surface area contributed by atoms with E-state index < -0.39 is 11.5 Å². The minimum Gasteiger partial charge on any atom is -0.480 e. The Labute approximate surface area is 110 Å². The van der Waals surface area contributed by atoms with E-state index in [0.717, 1.165) is 44.1 Å². The molecule has 1 N–H and O–H groups in total. The van der Waals surface area contributed by atoms with E-state index in [-0.39, 0.29) is 0 Å². The Morgan fingerprint density at radius 1 is 1.39 bits per heavy atom. The van der Waals surface area contributed by atoms with Crippen LogP contribution in [0.4, 0.5) is 0 Å². The molecule has 102 valence electrons. The van der Waals surface area contributed by atoms with Crippen molar-refractivity contribution in [2.75, 3.05) is 6.54 Å². The van der Waals surface area contributed by atoms with Crippen LogP contribution in [-0.4, -0.2) is 34.1 Å². The summed E-state index contributed by atoms with van der Waals surface area (Å²) in [4.78, 5) is 14.3. The van der Waals surface area contributed by atoms with Crippen LogP contribution in [0, 0.1) is 11.8 Å². The number of rotatable bonds is 4. The molecule has 1 aliphatic heterocycles. The summed E-state index contributed by atoms with van der Waals surface area (Å²) in [7, 11) is 0. The fourth-order valence-corrected chi connectivity index (χ4v) is 4.99. The van der Waals surface area contributed by atoms with Crippen molar-refractivity contribution in [2.45, 2.75) is 69.9 Å². The molecule has 2 aliphatic carbocycles. The van der Waals surface area contributed by atoms with E-state index in [0.29, 0.717) is 6.04 Å². The predicted molar refractivity (Wildman–Crippen MR) is 70.5 cm³/mol. The molecule has 3 nitrogen and oxygen atoms in total. The van der Waals surface area contributed by atoms with Crippen molar-refractivity contribution in [3.63, 3.8) is 0 Å². The van der Waals surface area contributed by atoms with E-state index in [1.807, 2.05) is 0 Å². The summed E-state index contributed by atoms with van der Waals surface area (Å²) in [5.41, 5.74) is -0.524. The van der Waals surface area contributed by atoms with Crippen molar-refractivity contribution in [1.29, 1.82) is 0 Å². The number of nitrogens with zero attached hydrogens (tertiary/aromatic N) is 1. The van der Waals surface area contributed by atoms with Gasteiger partial charge in [-0.05, 0) is 56.9 Å². The van der Waals surface area contributed by atoms with Gasteiger partial charge >= 0.3 is 5.97 Å². The molecule has 2 bridgehead atoms. The minimum atomic E-state index is -0.565. The first-order valence-electron chi connectivity index (χ1n) is 7.67. The summed E-state index contributed by atoms with van der Waals surface area (Å²) < 4.78 is 0. The lowest BCUT2D eigenvalue weighted by atomic mass is 9.86. The van der Waals surface area contributed by atoms with E-state index in [4.69, 9.17) is 0 Å². The van der Waals surface area contributed by atoms with Gasteiger partial charge in [0.15, 0.2) is 0 Å². The zero-order valence-electron chi connectivity index (χ0n) is 11.4. The monoisotopic (exact) mass is 251 g/mol. The van der Waals surface area contributed by atoms with E-state index in [1.54, 1.807) is 0 Å². The zero-order valence-corrected chi connectivity index (χ0v) is 11.4. The second-order valence-electron chi connectivity index (χ2n) is 6.63. The SMILES string of the molecule is CCCC1(C(=O)O)CCCN1C1CC2CCC1C2. The molecule has 4 unspecified atom stereocenters. The molecule has 4 atom stereocenters. The minimum absolute atomic E-state index is 0.524. The van der Waals surface area contributed by atoms with Gasteiger partial charge in [0.05, 0.1) is 0 Å². The summed E-state index contributed by atoms with van der Waals surface area (Å²) in [6.07, 6.45) is 9.10. The smallest absolute Gasteiger partial charge is 0.324 e. The van der Waals surface area contributed by atoms with Gasteiger partial charge in [-0.2, -0.15) is 0 Å². The molecule has 1 heterocycles. The van der Waals surface area contributed by atoms with Crippen LogP contribution in [0.2, 0.25) is 0 Å². The molecular weight excluding hydrogens is 226 g/mol. The highest BCUT2D eigenvalue weighted by Crippen LogP contribution is 2.50. The van der Waals surface area contributed by atoms with Crippen LogP contribution in [0.25, 0.3) is 0 Å². The molecule has 0 aromatic rings. The average molecular weight is 251 g/mol. The van der Waals surface area contributed by atoms with Gasteiger partial charge < -0.3 is 5.11 Å². The van der Waals surface area contributed by atoms with Gasteiger partial charge in [-0.3, -0.25) is 9.69 Å². The summed E-state index contributed by atoms with van der Waals surface area (Å²) in [6, 6.07) is 0.578. The van der Waals surface area contributed by atoms with E-state index in [2.05, 4.69) is 11.8 Å². The molecule has 0 aromatic heterocycles. The fourth-order valence-electron chi connectivity index (χ4n) is 4.99. The van der Waals surface area contributed by atoms with Gasteiger partial charge in [0.25, 0.3) is 0 Å². The first-order chi connectivity index (χ1) is 8.67. The van der Waals surface area contributed by atoms with E-state index >= 15 is 0 Å². The zero-order chi connectivity index (χ0) is 12.8. The Bertz CT molecular complexity index is 343. The number of hydrogen-bond acceptors (Lipinski definition) is 2. The number of carboxylic acids is 1. The van der Waals surface area contributed by atoms with Crippen LogP contribution < -0.4 is 0 Å². The maximum absolute atomic E-state index is 11.8. The second-order valence-corrected chi connectivity index (χ2v) is 6.63. The first kappa shape index (κ1) is 12.5. The number of fused-ring (bicyclic) bond motifs is 2. The van der Waals surface area contributed by atoms with E-state index in [1.165, 1.54) is 25.7 Å². The maximum Gasteiger partial charge on any atom is 0.324 e. The third kappa shape index (κ3) is 1.70. The Balaban J connectivity index is 1.83. The molecule has 3 heteroatoms. The average Bonchev–Trinajstić information content (AvgIpc) is 3.02. The molecule has 3 fully saturated rings. The molecule has 0 radical (unpaired) electrons. The molecule has 1 saturated heterocycles. The van der Waals surface area contributed by atoms with Crippen molar-refractivity contribution in [1.82, 2.24) is 4.90 Å². The summed E-state index contributed by atoms with van der Waals surface area (Å²) >= 11 is 0. The standard InChI is InChI=1S/C15H25NO2/c1-2-6-15(14(17)18)7-3-8-16(15)13-10-11-4-5-12(13)9-11/h11-13H,2-10H2,1H3,(H,17,18). The molecule has 3 aliphatic rings. The van der Waals surface area contributed by atoms with Crippen LogP contribution >= 0.6 is 0 Å². The lowest BCUT2D eigenvalue weighted by molar-refractivity contribution is -0.152. The molecule has 18 heavy (non-hydrogen) atoms. The number of likely N-dealkylation sites (tertiary alicyclic amines) is 1. The Kier molecular flexibility index (Phi) is 3.13. The normalized spacial score (nSPS) is 43.7. The highest BCUT2D eigenvalue weighted by molar-refractivity contribution is 5.79. The largest absolute Gasteiger partial charge is 0.480 e. The lowest BCUT2D eigenvalue weighted by Crippen LogP contribution is -2.55. The van der Waals surface area contributed by atoms with Gasteiger partial charge in [0.1, 0.15) is 5.54 Å². The van der Waals surface area contributed by atoms with Crippen LogP contribution in [0.3, 0.4) is 0 Å². The van der Waals surface area contributed by atoms with Gasteiger partial charge in [-0.15, -0.1) is 0 Å². The van der Waals surface area contributed by atoms with Crippen LogP contribution in [0.15, 0.2) is 0 Å². The van der Waals surface area contributed by atoms with E-state index in [9.17, 15) is 9.90 Å². The van der Waals surface area contributed by atoms with Gasteiger partial charge in [-0.25, -0.2) is 0 Å². The summed E-state index contributed by atoms with van der Waals surface area (Å²) in [6.45, 7) is 3.13. The second kappa shape index (κ2) is 4.52. The summed E-state index contributed by atoms with van der Waals surface area (Å²) in [5.74, 6) is 1.13. The lowest BCUT2D eigenvalue weighted by Gasteiger charge is -2.42. The molecular formula is C15H25NO2. The van der Waals surface area contributed by atoms with Crippen molar-refractivity contribution < 1.29 is 9.90 Å². The first-order valence-corrected chi connectivity index (χ1v) is 7.67. The van der Waals surface area contributed by atoms with Gasteiger partial charge in [0, 0.05) is 6.04 Å². The molecule has 3 rings (SSSR count). The Morgan fingerprint density at radius 2 is 2.22 bits per heavy atom. The van der Waals surface area contributed by atoms with Gasteiger partial charge in [0.2, 0.25) is 0 Å². The quantitative estimate of drug-likeness (QED) is 0.835. The number of carbonyl (C=O) groups is 1. The molecule has 0 amide bonds. The number of carboxylic acid groups (broad SMARTS) is 1.